The van der Waals surface area contributed by atoms with Crippen LogP contribution in [0.3, 0.4) is 0 Å². The Morgan fingerprint density at radius 2 is 1.89 bits per heavy atom. The molecule has 0 saturated carbocycles. The fourth-order valence-electron chi connectivity index (χ4n) is 1.28. The lowest BCUT2D eigenvalue weighted by Gasteiger charge is -2.12. The van der Waals surface area contributed by atoms with Crippen molar-refractivity contribution in [2.75, 3.05) is 12.4 Å². The third-order valence-electron chi connectivity index (χ3n) is 2.06. The van der Waals surface area contributed by atoms with Crippen LogP contribution in [0.15, 0.2) is 27.9 Å². The lowest BCUT2D eigenvalue weighted by atomic mass is 10.2. The van der Waals surface area contributed by atoms with Crippen molar-refractivity contribution in [2.45, 2.75) is 0 Å². The van der Waals surface area contributed by atoms with Crippen LogP contribution in [-0.2, 0) is 0 Å². The molecule has 1 rings (SSSR count). The number of hydrogen-bond acceptors (Lipinski definition) is 5. The van der Waals surface area contributed by atoms with E-state index in [4.69, 9.17) is 32.1 Å². The van der Waals surface area contributed by atoms with Gasteiger partial charge in [0.15, 0.2) is 11.3 Å². The van der Waals surface area contributed by atoms with Crippen molar-refractivity contribution in [3.05, 3.63) is 32.9 Å². The van der Waals surface area contributed by atoms with Gasteiger partial charge in [0.1, 0.15) is 23.9 Å². The van der Waals surface area contributed by atoms with Gasteiger partial charge in [-0.25, -0.2) is 0 Å². The highest BCUT2D eigenvalue weighted by atomic mass is 79.9. The number of halogens is 2. The van der Waals surface area contributed by atoms with E-state index in [9.17, 15) is 0 Å². The van der Waals surface area contributed by atoms with Crippen molar-refractivity contribution < 1.29 is 4.74 Å². The van der Waals surface area contributed by atoms with Crippen LogP contribution in [0.5, 0.6) is 5.75 Å². The second kappa shape index (κ2) is 6.66. The van der Waals surface area contributed by atoms with E-state index < -0.39 is 0 Å². The van der Waals surface area contributed by atoms with Gasteiger partial charge in [-0.2, -0.15) is 15.8 Å². The molecule has 0 atom stereocenters. The van der Waals surface area contributed by atoms with E-state index >= 15 is 0 Å². The van der Waals surface area contributed by atoms with E-state index in [2.05, 4.69) is 21.2 Å². The van der Waals surface area contributed by atoms with Crippen LogP contribution >= 0.6 is 27.5 Å². The van der Waals surface area contributed by atoms with E-state index in [0.717, 1.165) is 0 Å². The monoisotopic (exact) mass is 336 g/mol. The summed E-state index contributed by atoms with van der Waals surface area (Å²) in [5.74, 6) is 0.410. The normalized spacial score (nSPS) is 8.63. The first-order valence-corrected chi connectivity index (χ1v) is 5.99. The number of rotatable bonds is 3. The first-order chi connectivity index (χ1) is 9.07. The number of allylic oxidation sites excluding steroid dienone is 2. The summed E-state index contributed by atoms with van der Waals surface area (Å²) in [7, 11) is 1.45. The molecule has 0 bridgehead atoms. The summed E-state index contributed by atoms with van der Waals surface area (Å²) in [5, 5.41) is 29.5. The first kappa shape index (κ1) is 14.9. The fourth-order valence-corrected chi connectivity index (χ4v) is 2.25. The van der Waals surface area contributed by atoms with Gasteiger partial charge in [-0.15, -0.1) is 0 Å². The summed E-state index contributed by atoms with van der Waals surface area (Å²) in [6.07, 6.45) is 0. The molecule has 0 radical (unpaired) electrons. The maximum atomic E-state index is 8.96. The van der Waals surface area contributed by atoms with Crippen molar-refractivity contribution in [3.8, 4) is 24.0 Å². The quantitative estimate of drug-likeness (QED) is 0.854. The Hall–Kier alpha value is -2.20. The van der Waals surface area contributed by atoms with Crippen LogP contribution < -0.4 is 10.1 Å². The molecule has 0 aliphatic carbocycles. The predicted molar refractivity (Wildman–Crippen MR) is 73.2 cm³/mol. The molecule has 1 N–H and O–H groups in total. The number of methoxy groups -OCH3 is 1. The molecule has 0 saturated heterocycles. The van der Waals surface area contributed by atoms with Crippen molar-refractivity contribution in [1.29, 1.82) is 15.8 Å². The highest BCUT2D eigenvalue weighted by molar-refractivity contribution is 9.10. The van der Waals surface area contributed by atoms with Gasteiger partial charge >= 0.3 is 0 Å². The lowest BCUT2D eigenvalue weighted by Crippen LogP contribution is -2.03. The van der Waals surface area contributed by atoms with Crippen molar-refractivity contribution >= 4 is 33.2 Å². The number of nitrogens with one attached hydrogen (secondary N) is 1. The molecule has 0 spiro atoms. The molecule has 0 unspecified atom stereocenters. The molecule has 0 amide bonds. The number of anilines is 1. The highest BCUT2D eigenvalue weighted by Crippen LogP contribution is 2.37. The topological polar surface area (TPSA) is 92.6 Å². The second-order valence-corrected chi connectivity index (χ2v) is 4.47. The van der Waals surface area contributed by atoms with Crippen LogP contribution in [0, 0.1) is 34.0 Å². The number of hydrogen-bond donors (Lipinski definition) is 1. The highest BCUT2D eigenvalue weighted by Gasteiger charge is 2.13. The van der Waals surface area contributed by atoms with Gasteiger partial charge in [0.2, 0.25) is 0 Å². The minimum Gasteiger partial charge on any atom is -0.493 e. The van der Waals surface area contributed by atoms with Crippen LogP contribution in [0.2, 0.25) is 5.02 Å². The Morgan fingerprint density at radius 1 is 1.26 bits per heavy atom. The molecule has 0 fully saturated rings. The number of nitrogens with zero attached hydrogens (tertiary/aromatic N) is 3. The molecule has 1 aromatic rings. The molecular weight excluding hydrogens is 332 g/mol. The van der Waals surface area contributed by atoms with Crippen LogP contribution in [0.4, 0.5) is 5.69 Å². The Kier molecular flexibility index (Phi) is 5.21. The van der Waals surface area contributed by atoms with Crippen LogP contribution in [0.1, 0.15) is 0 Å². The number of ether oxygens (including phenoxy) is 1. The number of nitriles is 3. The summed E-state index contributed by atoms with van der Waals surface area (Å²) in [6, 6.07) is 8.17. The van der Waals surface area contributed by atoms with Gasteiger partial charge in [-0.05, 0) is 28.1 Å². The Bertz CT molecular complexity index is 648. The van der Waals surface area contributed by atoms with Gasteiger partial charge in [0.25, 0.3) is 0 Å². The fraction of sp³-hybridized carbons (Fsp3) is 0.0833. The summed E-state index contributed by atoms with van der Waals surface area (Å²) < 4.78 is 5.74. The smallest absolute Gasteiger partial charge is 0.163 e. The predicted octanol–water partition coefficient (Wildman–Crippen LogP) is 3.35. The minimum absolute atomic E-state index is 0.169. The van der Waals surface area contributed by atoms with Gasteiger partial charge < -0.3 is 10.1 Å². The Balaban J connectivity index is 3.35. The third-order valence-corrected chi connectivity index (χ3v) is 2.86. The van der Waals surface area contributed by atoms with Crippen molar-refractivity contribution in [3.63, 3.8) is 0 Å². The van der Waals surface area contributed by atoms with Gasteiger partial charge in [-0.1, -0.05) is 11.6 Å². The maximum Gasteiger partial charge on any atom is 0.163 e. The Morgan fingerprint density at radius 3 is 2.37 bits per heavy atom. The molecule has 0 heterocycles. The molecule has 1 aromatic carbocycles. The third kappa shape index (κ3) is 3.39. The molecule has 0 aromatic heterocycles. The van der Waals surface area contributed by atoms with E-state index in [1.54, 1.807) is 24.3 Å². The van der Waals surface area contributed by atoms with E-state index in [1.165, 1.54) is 13.2 Å². The van der Waals surface area contributed by atoms with Crippen molar-refractivity contribution in [2.24, 2.45) is 0 Å². The molecule has 5 nitrogen and oxygen atoms in total. The van der Waals surface area contributed by atoms with Crippen molar-refractivity contribution in [1.82, 2.24) is 0 Å². The van der Waals surface area contributed by atoms with Gasteiger partial charge in [0.05, 0.1) is 17.3 Å². The molecule has 0 aliphatic rings. The minimum atomic E-state index is -0.319. The van der Waals surface area contributed by atoms with E-state index in [-0.39, 0.29) is 11.3 Å². The molecule has 19 heavy (non-hydrogen) atoms. The Labute approximate surface area is 123 Å². The van der Waals surface area contributed by atoms with Crippen LogP contribution in [-0.4, -0.2) is 7.11 Å². The maximum absolute atomic E-state index is 8.96. The van der Waals surface area contributed by atoms with E-state index in [0.29, 0.717) is 20.9 Å². The SMILES string of the molecule is COc1c(Br)cc(Cl)cc1NC(C#N)=C(C#N)C#N. The molecular formula is C12H6BrClN4O. The molecule has 0 aliphatic heterocycles. The average molecular weight is 338 g/mol. The molecule has 7 heteroatoms. The largest absolute Gasteiger partial charge is 0.493 e. The lowest BCUT2D eigenvalue weighted by molar-refractivity contribution is 0.414. The summed E-state index contributed by atoms with van der Waals surface area (Å²) >= 11 is 9.16. The molecule has 94 valence electrons. The summed E-state index contributed by atoms with van der Waals surface area (Å²) in [4.78, 5) is 0. The summed E-state index contributed by atoms with van der Waals surface area (Å²) in [5.41, 5.74) is -0.112. The average Bonchev–Trinajstić information content (AvgIpc) is 2.38. The summed E-state index contributed by atoms with van der Waals surface area (Å²) in [6.45, 7) is 0. The van der Waals surface area contributed by atoms with Gasteiger partial charge in [0, 0.05) is 5.02 Å². The zero-order valence-corrected chi connectivity index (χ0v) is 12.0. The van der Waals surface area contributed by atoms with Gasteiger partial charge in [-0.3, -0.25) is 0 Å². The zero-order chi connectivity index (χ0) is 14.4. The zero-order valence-electron chi connectivity index (χ0n) is 9.66. The first-order valence-electron chi connectivity index (χ1n) is 4.82. The second-order valence-electron chi connectivity index (χ2n) is 3.18. The van der Waals surface area contributed by atoms with Crippen LogP contribution in [0.25, 0.3) is 0 Å². The van der Waals surface area contributed by atoms with E-state index in [1.807, 2.05) is 0 Å². The standard InChI is InChI=1S/C12H6BrClN4O/c1-19-12-9(13)2-8(14)3-10(12)18-11(6-17)7(4-15)5-16/h2-3,18H,1H3. The number of benzene rings is 1.